The number of benzene rings is 1. The van der Waals surface area contributed by atoms with Crippen molar-refractivity contribution in [2.75, 3.05) is 11.9 Å². The first-order chi connectivity index (χ1) is 9.99. The number of aryl methyl sites for hydroxylation is 1. The summed E-state index contributed by atoms with van der Waals surface area (Å²) in [6, 6.07) is 3.88. The standard InChI is InChI=1S/C13H13BrCl2N4O/c1-3-4-21-13-19-11(16)18-12(20-13)17-10-6-9(15)7(2)5-8(10)14/h5-6H,3-4H2,1-2H3,(H,17,18,19,20). The van der Waals surface area contributed by atoms with Gasteiger partial charge in [0.15, 0.2) is 0 Å². The monoisotopic (exact) mass is 390 g/mol. The predicted octanol–water partition coefficient (Wildman–Crippen LogP) is 4.78. The fourth-order valence-corrected chi connectivity index (χ4v) is 2.38. The fraction of sp³-hybridized carbons (Fsp3) is 0.308. The second-order valence-electron chi connectivity index (χ2n) is 4.27. The van der Waals surface area contributed by atoms with Crippen molar-refractivity contribution in [3.63, 3.8) is 0 Å². The van der Waals surface area contributed by atoms with Gasteiger partial charge in [-0.1, -0.05) is 18.5 Å². The Labute approximate surface area is 141 Å². The van der Waals surface area contributed by atoms with Gasteiger partial charge in [-0.05, 0) is 58.6 Å². The van der Waals surface area contributed by atoms with E-state index in [2.05, 4.69) is 36.2 Å². The van der Waals surface area contributed by atoms with Crippen LogP contribution in [0.1, 0.15) is 18.9 Å². The number of aromatic nitrogens is 3. The van der Waals surface area contributed by atoms with Crippen molar-refractivity contribution in [3.8, 4) is 6.01 Å². The lowest BCUT2D eigenvalue weighted by Gasteiger charge is -2.10. The maximum Gasteiger partial charge on any atom is 0.322 e. The van der Waals surface area contributed by atoms with Gasteiger partial charge in [0, 0.05) is 9.50 Å². The fourth-order valence-electron chi connectivity index (χ4n) is 1.51. The Hall–Kier alpha value is -1.11. The van der Waals surface area contributed by atoms with Gasteiger partial charge in [0.05, 0.1) is 12.3 Å². The minimum atomic E-state index is 0.0629. The van der Waals surface area contributed by atoms with E-state index in [4.69, 9.17) is 27.9 Å². The zero-order chi connectivity index (χ0) is 15.4. The van der Waals surface area contributed by atoms with E-state index in [9.17, 15) is 0 Å². The molecule has 1 N–H and O–H groups in total. The summed E-state index contributed by atoms with van der Waals surface area (Å²) in [5.41, 5.74) is 1.70. The first-order valence-electron chi connectivity index (χ1n) is 6.26. The van der Waals surface area contributed by atoms with Crippen LogP contribution in [0, 0.1) is 6.92 Å². The molecule has 0 aliphatic rings. The van der Waals surface area contributed by atoms with E-state index in [1.807, 2.05) is 19.9 Å². The molecule has 1 aromatic carbocycles. The van der Waals surface area contributed by atoms with Crippen molar-refractivity contribution >= 4 is 50.8 Å². The summed E-state index contributed by atoms with van der Waals surface area (Å²) in [5, 5.41) is 3.74. The minimum Gasteiger partial charge on any atom is -0.463 e. The van der Waals surface area contributed by atoms with Crippen molar-refractivity contribution < 1.29 is 4.74 Å². The molecule has 0 saturated heterocycles. The third kappa shape index (κ3) is 4.43. The van der Waals surface area contributed by atoms with Gasteiger partial charge in [-0.25, -0.2) is 0 Å². The Morgan fingerprint density at radius 1 is 1.24 bits per heavy atom. The topological polar surface area (TPSA) is 59.9 Å². The van der Waals surface area contributed by atoms with E-state index in [1.165, 1.54) is 0 Å². The number of halogens is 3. The molecular weight excluding hydrogens is 379 g/mol. The summed E-state index contributed by atoms with van der Waals surface area (Å²) in [4.78, 5) is 12.1. The van der Waals surface area contributed by atoms with Crippen molar-refractivity contribution in [2.45, 2.75) is 20.3 Å². The molecule has 8 heteroatoms. The molecule has 0 aliphatic heterocycles. The lowest BCUT2D eigenvalue weighted by molar-refractivity contribution is 0.292. The Morgan fingerprint density at radius 2 is 2.00 bits per heavy atom. The molecule has 2 rings (SSSR count). The van der Waals surface area contributed by atoms with E-state index in [0.29, 0.717) is 17.6 Å². The van der Waals surface area contributed by atoms with E-state index in [-0.39, 0.29) is 11.3 Å². The van der Waals surface area contributed by atoms with Gasteiger partial charge in [0.1, 0.15) is 0 Å². The molecule has 1 aromatic heterocycles. The van der Waals surface area contributed by atoms with Gasteiger partial charge < -0.3 is 10.1 Å². The SMILES string of the molecule is CCCOc1nc(Cl)nc(Nc2cc(Cl)c(C)cc2Br)n1. The quantitative estimate of drug-likeness (QED) is 0.794. The molecule has 0 bridgehead atoms. The predicted molar refractivity (Wildman–Crippen MR) is 87.8 cm³/mol. The molecule has 0 spiro atoms. The van der Waals surface area contributed by atoms with Gasteiger partial charge in [0.2, 0.25) is 11.2 Å². The number of rotatable bonds is 5. The average Bonchev–Trinajstić information content (AvgIpc) is 2.42. The Morgan fingerprint density at radius 3 is 2.71 bits per heavy atom. The molecule has 0 atom stereocenters. The zero-order valence-electron chi connectivity index (χ0n) is 11.5. The van der Waals surface area contributed by atoms with Crippen LogP contribution in [0.3, 0.4) is 0 Å². The Balaban J connectivity index is 2.27. The summed E-state index contributed by atoms with van der Waals surface area (Å²) in [5.74, 6) is 0.293. The van der Waals surface area contributed by atoms with Crippen LogP contribution in [0.5, 0.6) is 6.01 Å². The van der Waals surface area contributed by atoms with Crippen LogP contribution in [0.2, 0.25) is 10.3 Å². The third-order valence-corrected chi connectivity index (χ3v) is 3.75. The second-order valence-corrected chi connectivity index (χ2v) is 5.86. The van der Waals surface area contributed by atoms with Crippen LogP contribution in [-0.2, 0) is 0 Å². The normalized spacial score (nSPS) is 10.5. The number of anilines is 2. The highest BCUT2D eigenvalue weighted by atomic mass is 79.9. The van der Waals surface area contributed by atoms with Gasteiger partial charge in [-0.15, -0.1) is 0 Å². The molecule has 21 heavy (non-hydrogen) atoms. The van der Waals surface area contributed by atoms with Gasteiger partial charge in [0.25, 0.3) is 0 Å². The van der Waals surface area contributed by atoms with Crippen LogP contribution in [0.4, 0.5) is 11.6 Å². The number of ether oxygens (including phenoxy) is 1. The summed E-state index contributed by atoms with van der Waals surface area (Å²) in [6.45, 7) is 4.43. The first-order valence-corrected chi connectivity index (χ1v) is 7.81. The van der Waals surface area contributed by atoms with E-state index in [0.717, 1.165) is 22.1 Å². The second kappa shape index (κ2) is 7.24. The van der Waals surface area contributed by atoms with Crippen LogP contribution in [0.25, 0.3) is 0 Å². The van der Waals surface area contributed by atoms with Crippen LogP contribution in [0.15, 0.2) is 16.6 Å². The highest BCUT2D eigenvalue weighted by Gasteiger charge is 2.09. The molecule has 0 saturated carbocycles. The van der Waals surface area contributed by atoms with Crippen LogP contribution in [-0.4, -0.2) is 21.6 Å². The molecule has 0 aliphatic carbocycles. The lowest BCUT2D eigenvalue weighted by Crippen LogP contribution is -2.05. The van der Waals surface area contributed by atoms with Crippen LogP contribution >= 0.6 is 39.1 Å². The van der Waals surface area contributed by atoms with E-state index in [1.54, 1.807) is 6.07 Å². The smallest absolute Gasteiger partial charge is 0.322 e. The Kier molecular flexibility index (Phi) is 5.61. The molecule has 0 fully saturated rings. The highest BCUT2D eigenvalue weighted by Crippen LogP contribution is 2.31. The van der Waals surface area contributed by atoms with Crippen molar-refractivity contribution in [1.82, 2.24) is 15.0 Å². The molecular formula is C13H13BrCl2N4O. The molecule has 112 valence electrons. The molecule has 2 aromatic rings. The summed E-state index contributed by atoms with van der Waals surface area (Å²) in [7, 11) is 0. The largest absolute Gasteiger partial charge is 0.463 e. The number of nitrogens with one attached hydrogen (secondary N) is 1. The molecule has 0 radical (unpaired) electrons. The Bertz CT molecular complexity index is 654. The maximum atomic E-state index is 6.12. The zero-order valence-corrected chi connectivity index (χ0v) is 14.6. The van der Waals surface area contributed by atoms with E-state index < -0.39 is 0 Å². The minimum absolute atomic E-state index is 0.0629. The van der Waals surface area contributed by atoms with Crippen LogP contribution < -0.4 is 10.1 Å². The molecule has 1 heterocycles. The van der Waals surface area contributed by atoms with Gasteiger partial charge >= 0.3 is 6.01 Å². The number of nitrogens with zero attached hydrogens (tertiary/aromatic N) is 3. The lowest BCUT2D eigenvalue weighted by atomic mass is 10.2. The van der Waals surface area contributed by atoms with Crippen molar-refractivity contribution in [1.29, 1.82) is 0 Å². The number of hydrogen-bond donors (Lipinski definition) is 1. The molecule has 5 nitrogen and oxygen atoms in total. The van der Waals surface area contributed by atoms with Gasteiger partial charge in [-0.3, -0.25) is 0 Å². The maximum absolute atomic E-state index is 6.12. The first kappa shape index (κ1) is 16.3. The number of hydrogen-bond acceptors (Lipinski definition) is 5. The van der Waals surface area contributed by atoms with Gasteiger partial charge in [-0.2, -0.15) is 15.0 Å². The van der Waals surface area contributed by atoms with Crippen molar-refractivity contribution in [3.05, 3.63) is 32.5 Å². The third-order valence-electron chi connectivity index (χ3n) is 2.52. The molecule has 0 unspecified atom stereocenters. The van der Waals surface area contributed by atoms with Crippen molar-refractivity contribution in [2.24, 2.45) is 0 Å². The average molecular weight is 392 g/mol. The summed E-state index contributed by atoms with van der Waals surface area (Å²) >= 11 is 15.5. The summed E-state index contributed by atoms with van der Waals surface area (Å²) in [6.07, 6.45) is 0.852. The highest BCUT2D eigenvalue weighted by molar-refractivity contribution is 9.10. The summed E-state index contributed by atoms with van der Waals surface area (Å²) < 4.78 is 6.21. The molecule has 0 amide bonds. The van der Waals surface area contributed by atoms with E-state index >= 15 is 0 Å².